The molecule has 3 heterocycles. The molecule has 6 rings (SSSR count). The summed E-state index contributed by atoms with van der Waals surface area (Å²) in [5.74, 6) is -0.383. The van der Waals surface area contributed by atoms with Gasteiger partial charge in [0.25, 0.3) is 17.0 Å². The molecule has 0 spiro atoms. The van der Waals surface area contributed by atoms with Crippen molar-refractivity contribution < 1.29 is 13.9 Å². The molecule has 1 aliphatic heterocycles. The molecule has 10 nitrogen and oxygen atoms in total. The number of nitrogens with one attached hydrogen (secondary N) is 2. The Hall–Kier alpha value is -4.67. The van der Waals surface area contributed by atoms with Gasteiger partial charge in [0.15, 0.2) is 6.61 Å². The van der Waals surface area contributed by atoms with E-state index in [1.54, 1.807) is 38.1 Å². The number of halogens is 1. The van der Waals surface area contributed by atoms with Crippen LogP contribution in [0.25, 0.3) is 16.6 Å². The smallest absolute Gasteiger partial charge is 0.336 e. The van der Waals surface area contributed by atoms with Crippen LogP contribution < -0.4 is 32.2 Å². The normalized spacial score (nSPS) is 14.7. The summed E-state index contributed by atoms with van der Waals surface area (Å²) in [5, 5.41) is 5.74. The van der Waals surface area contributed by atoms with Crippen molar-refractivity contribution in [2.24, 2.45) is 7.05 Å². The number of nitrogens with zero attached hydrogens (tertiary/aromatic N) is 3. The van der Waals surface area contributed by atoms with E-state index in [9.17, 15) is 23.6 Å². The van der Waals surface area contributed by atoms with E-state index in [-0.39, 0.29) is 46.5 Å². The topological polar surface area (TPSA) is 116 Å². The summed E-state index contributed by atoms with van der Waals surface area (Å²) >= 11 is 0. The Labute approximate surface area is 214 Å². The fraction of sp³-hybridized carbons (Fsp3) is 0.259. The van der Waals surface area contributed by atoms with Crippen molar-refractivity contribution in [2.45, 2.75) is 32.7 Å². The first-order valence-electron chi connectivity index (χ1n) is 12.2. The van der Waals surface area contributed by atoms with Gasteiger partial charge in [-0.15, -0.1) is 0 Å². The molecular formula is C27H24FN5O5. The summed E-state index contributed by atoms with van der Waals surface area (Å²) in [6, 6.07) is 9.11. The summed E-state index contributed by atoms with van der Waals surface area (Å²) in [4.78, 5) is 53.0. The van der Waals surface area contributed by atoms with Crippen LogP contribution in [0.3, 0.4) is 0 Å². The molecule has 11 heteroatoms. The van der Waals surface area contributed by atoms with E-state index in [1.807, 2.05) is 0 Å². The Morgan fingerprint density at radius 3 is 2.50 bits per heavy atom. The number of carbonyl (C=O) groups excluding carboxylic acids is 1. The molecule has 4 aromatic rings. The Morgan fingerprint density at radius 2 is 1.79 bits per heavy atom. The van der Waals surface area contributed by atoms with Gasteiger partial charge in [-0.25, -0.2) is 9.18 Å². The monoisotopic (exact) mass is 517 g/mol. The fourth-order valence-corrected chi connectivity index (χ4v) is 4.91. The quantitative estimate of drug-likeness (QED) is 0.430. The zero-order valence-corrected chi connectivity index (χ0v) is 20.9. The minimum Gasteiger partial charge on any atom is -0.482 e. The molecule has 1 aliphatic carbocycles. The third-order valence-electron chi connectivity index (χ3n) is 6.99. The molecule has 38 heavy (non-hydrogen) atoms. The van der Waals surface area contributed by atoms with Crippen molar-refractivity contribution in [1.29, 1.82) is 0 Å². The molecule has 1 amide bonds. The molecule has 2 aliphatic rings. The van der Waals surface area contributed by atoms with Crippen LogP contribution in [0, 0.1) is 19.7 Å². The summed E-state index contributed by atoms with van der Waals surface area (Å²) < 4.78 is 24.0. The fourth-order valence-electron chi connectivity index (χ4n) is 4.91. The molecule has 0 radical (unpaired) electrons. The molecule has 0 atom stereocenters. The van der Waals surface area contributed by atoms with Crippen molar-refractivity contribution in [1.82, 2.24) is 13.7 Å². The number of aryl methyl sites for hydroxylation is 2. The largest absolute Gasteiger partial charge is 0.482 e. The number of rotatable bonds is 4. The average Bonchev–Trinajstić information content (AvgIpc) is 3.71. The Kier molecular flexibility index (Phi) is 5.26. The minimum atomic E-state index is -0.600. The van der Waals surface area contributed by atoms with E-state index < -0.39 is 22.6 Å². The molecule has 1 fully saturated rings. The second-order valence-corrected chi connectivity index (χ2v) is 9.71. The maximum atomic E-state index is 14.8. The zero-order valence-electron chi connectivity index (χ0n) is 20.9. The first kappa shape index (κ1) is 23.7. The molecule has 2 aromatic heterocycles. The molecule has 2 N–H and O–H groups in total. The SMILES string of the molecule is Cc1ccc(Nc2c3c(=O)n(C4CC4)c(=O)n(-c4ccc5c(c4)NC(=O)CO5)c3c(C)c(=O)n2C)c(F)c1. The van der Waals surface area contributed by atoms with Crippen molar-refractivity contribution in [3.63, 3.8) is 0 Å². The van der Waals surface area contributed by atoms with Crippen LogP contribution in [0.1, 0.15) is 30.0 Å². The number of fused-ring (bicyclic) bond motifs is 2. The summed E-state index contributed by atoms with van der Waals surface area (Å²) in [6.45, 7) is 3.17. The van der Waals surface area contributed by atoms with E-state index in [4.69, 9.17) is 4.74 Å². The van der Waals surface area contributed by atoms with Crippen LogP contribution in [0.2, 0.25) is 0 Å². The number of carbonyl (C=O) groups is 1. The Balaban J connectivity index is 1.71. The lowest BCUT2D eigenvalue weighted by atomic mass is 10.1. The third kappa shape index (κ3) is 3.61. The lowest BCUT2D eigenvalue weighted by Gasteiger charge is -2.22. The molecule has 0 unspecified atom stereocenters. The minimum absolute atomic E-state index is 0.0705. The number of amides is 1. The van der Waals surface area contributed by atoms with Gasteiger partial charge in [-0.1, -0.05) is 6.07 Å². The van der Waals surface area contributed by atoms with Crippen LogP contribution in [0.15, 0.2) is 50.8 Å². The zero-order chi connectivity index (χ0) is 26.9. The Bertz CT molecular complexity index is 1870. The highest BCUT2D eigenvalue weighted by Gasteiger charge is 2.32. The average molecular weight is 518 g/mol. The van der Waals surface area contributed by atoms with Gasteiger partial charge in [-0.3, -0.25) is 28.1 Å². The van der Waals surface area contributed by atoms with Crippen LogP contribution in [-0.2, 0) is 11.8 Å². The van der Waals surface area contributed by atoms with Gasteiger partial charge in [0.1, 0.15) is 22.8 Å². The number of anilines is 3. The van der Waals surface area contributed by atoms with E-state index in [0.717, 1.165) is 0 Å². The maximum Gasteiger partial charge on any atom is 0.336 e. The summed E-state index contributed by atoms with van der Waals surface area (Å²) in [6.07, 6.45) is 1.32. The highest BCUT2D eigenvalue weighted by molar-refractivity contribution is 5.96. The summed E-state index contributed by atoms with van der Waals surface area (Å²) in [7, 11) is 1.49. The highest BCUT2D eigenvalue weighted by atomic mass is 19.1. The third-order valence-corrected chi connectivity index (χ3v) is 6.99. The summed E-state index contributed by atoms with van der Waals surface area (Å²) in [5.41, 5.74) is 0.157. The lowest BCUT2D eigenvalue weighted by Crippen LogP contribution is -2.41. The lowest BCUT2D eigenvalue weighted by molar-refractivity contribution is -0.118. The van der Waals surface area contributed by atoms with Crippen molar-refractivity contribution in [2.75, 3.05) is 17.2 Å². The van der Waals surface area contributed by atoms with Gasteiger partial charge in [0, 0.05) is 18.7 Å². The first-order chi connectivity index (χ1) is 18.2. The second-order valence-electron chi connectivity index (χ2n) is 9.71. The van der Waals surface area contributed by atoms with Gasteiger partial charge in [-0.2, -0.15) is 0 Å². The van der Waals surface area contributed by atoms with E-state index in [1.165, 1.54) is 32.9 Å². The van der Waals surface area contributed by atoms with E-state index >= 15 is 0 Å². The molecule has 194 valence electrons. The number of benzene rings is 2. The van der Waals surface area contributed by atoms with Crippen LogP contribution in [0.4, 0.5) is 21.6 Å². The standard InChI is InChI=1S/C27H24FN5O5/c1-13-4-8-18(17(28)10-13)30-24-22-23(14(2)25(35)31(24)3)32(27(37)33(26(22)36)15-5-6-15)16-7-9-20-19(11-16)29-21(34)12-38-20/h4,7-11,15,30H,5-6,12H2,1-3H3,(H,29,34). The van der Waals surface area contributed by atoms with E-state index in [0.29, 0.717) is 35.5 Å². The van der Waals surface area contributed by atoms with Crippen molar-refractivity contribution in [3.8, 4) is 11.4 Å². The maximum absolute atomic E-state index is 14.8. The predicted molar refractivity (Wildman–Crippen MR) is 141 cm³/mol. The van der Waals surface area contributed by atoms with Crippen molar-refractivity contribution >= 4 is 34.0 Å². The first-order valence-corrected chi connectivity index (χ1v) is 12.2. The molecule has 0 bridgehead atoms. The van der Waals surface area contributed by atoms with E-state index in [2.05, 4.69) is 10.6 Å². The van der Waals surface area contributed by atoms with Crippen LogP contribution in [0.5, 0.6) is 5.75 Å². The van der Waals surface area contributed by atoms with Crippen molar-refractivity contribution in [3.05, 3.63) is 84.5 Å². The van der Waals surface area contributed by atoms with Gasteiger partial charge < -0.3 is 15.4 Å². The molecule has 0 saturated heterocycles. The van der Waals surface area contributed by atoms with Gasteiger partial charge in [0.05, 0.1) is 22.6 Å². The molecular weight excluding hydrogens is 493 g/mol. The number of pyridine rings is 1. The van der Waals surface area contributed by atoms with Gasteiger partial charge in [-0.05, 0) is 62.6 Å². The number of hydrogen-bond acceptors (Lipinski definition) is 6. The highest BCUT2D eigenvalue weighted by Crippen LogP contribution is 2.35. The predicted octanol–water partition coefficient (Wildman–Crippen LogP) is 3.02. The van der Waals surface area contributed by atoms with Gasteiger partial charge >= 0.3 is 5.69 Å². The number of ether oxygens (including phenoxy) is 1. The van der Waals surface area contributed by atoms with Crippen LogP contribution >= 0.6 is 0 Å². The number of aromatic nitrogens is 3. The Morgan fingerprint density at radius 1 is 1.03 bits per heavy atom. The van der Waals surface area contributed by atoms with Crippen LogP contribution in [-0.4, -0.2) is 26.2 Å². The molecule has 1 saturated carbocycles. The second kappa shape index (κ2) is 8.44. The number of hydrogen-bond donors (Lipinski definition) is 2. The molecule has 2 aromatic carbocycles. The van der Waals surface area contributed by atoms with Gasteiger partial charge in [0.2, 0.25) is 0 Å².